The number of nitrogens with one attached hydrogen (secondary N) is 1. The smallest absolute Gasteiger partial charge is 0.263 e. The summed E-state index contributed by atoms with van der Waals surface area (Å²) >= 11 is 1.02. The number of aliphatic hydroxyl groups excluding tert-OH is 1. The van der Waals surface area contributed by atoms with E-state index in [1.54, 1.807) is 36.4 Å². The maximum Gasteiger partial charge on any atom is 0.263 e. The third kappa shape index (κ3) is 4.01. The van der Waals surface area contributed by atoms with Gasteiger partial charge in [-0.25, -0.2) is 13.4 Å². The topological polar surface area (TPSA) is 108 Å². The van der Waals surface area contributed by atoms with E-state index in [9.17, 15) is 18.6 Å². The number of aliphatic imine (C=N–C) groups is 1. The minimum atomic E-state index is -3.77. The molecule has 0 saturated heterocycles. The molecular formula is C17H16N2O5S2. The lowest BCUT2D eigenvalue weighted by atomic mass is 10.2. The second-order valence-corrected chi connectivity index (χ2v) is 8.05. The van der Waals surface area contributed by atoms with Gasteiger partial charge in [-0.1, -0.05) is 36.0 Å². The number of aromatic hydroxyl groups is 1. The van der Waals surface area contributed by atoms with Crippen LogP contribution >= 0.6 is 11.8 Å². The van der Waals surface area contributed by atoms with Crippen molar-refractivity contribution in [2.24, 2.45) is 4.99 Å². The zero-order valence-corrected chi connectivity index (χ0v) is 15.3. The van der Waals surface area contributed by atoms with Crippen LogP contribution < -0.4 is 9.46 Å². The standard InChI is InChI=1S/C17H16N2O5S2/c1-24-14-9-11(7-8-13(14)20)10-15-16(21)18-17(25-15)19-26(22,23)12-5-3-2-4-6-12/h2-10,16,20-21H,1H3,(H,18,19)/b15-10+. The molecule has 136 valence electrons. The fraction of sp³-hybridized carbons (Fsp3) is 0.118. The molecule has 26 heavy (non-hydrogen) atoms. The minimum absolute atomic E-state index is 0.00170. The van der Waals surface area contributed by atoms with E-state index in [1.807, 2.05) is 0 Å². The third-order valence-corrected chi connectivity index (χ3v) is 5.95. The Bertz CT molecular complexity index is 972. The van der Waals surface area contributed by atoms with Gasteiger partial charge in [-0.05, 0) is 35.9 Å². The molecule has 2 aromatic carbocycles. The molecule has 1 aliphatic heterocycles. The number of phenolic OH excluding ortho intramolecular Hbond substituents is 1. The van der Waals surface area contributed by atoms with E-state index in [-0.39, 0.29) is 15.8 Å². The number of hydrogen-bond acceptors (Lipinski definition) is 7. The fourth-order valence-corrected chi connectivity index (χ4v) is 4.38. The first kappa shape index (κ1) is 18.3. The number of phenols is 1. The van der Waals surface area contributed by atoms with Crippen molar-refractivity contribution in [3.8, 4) is 11.5 Å². The highest BCUT2D eigenvalue weighted by Gasteiger charge is 2.26. The van der Waals surface area contributed by atoms with Crippen LogP contribution in [0.15, 0.2) is 63.3 Å². The van der Waals surface area contributed by atoms with Gasteiger partial charge in [-0.2, -0.15) is 0 Å². The second kappa shape index (κ2) is 7.40. The highest BCUT2D eigenvalue weighted by Crippen LogP contribution is 2.33. The van der Waals surface area contributed by atoms with Gasteiger partial charge in [0.05, 0.1) is 12.0 Å². The molecule has 0 amide bonds. The Morgan fingerprint density at radius 1 is 1.23 bits per heavy atom. The van der Waals surface area contributed by atoms with Gasteiger partial charge >= 0.3 is 0 Å². The van der Waals surface area contributed by atoms with Gasteiger partial charge in [0, 0.05) is 4.91 Å². The van der Waals surface area contributed by atoms with Gasteiger partial charge in [0.25, 0.3) is 10.0 Å². The van der Waals surface area contributed by atoms with Gasteiger partial charge in [-0.15, -0.1) is 0 Å². The van der Waals surface area contributed by atoms with Crippen LogP contribution in [0.5, 0.6) is 11.5 Å². The molecule has 3 N–H and O–H groups in total. The molecule has 7 nitrogen and oxygen atoms in total. The number of benzene rings is 2. The molecule has 1 heterocycles. The predicted molar refractivity (Wildman–Crippen MR) is 100 cm³/mol. The Kier molecular flexibility index (Phi) is 5.21. The van der Waals surface area contributed by atoms with E-state index in [0.29, 0.717) is 16.2 Å². The Morgan fingerprint density at radius 3 is 2.65 bits per heavy atom. The van der Waals surface area contributed by atoms with E-state index in [2.05, 4.69) is 9.71 Å². The van der Waals surface area contributed by atoms with Gasteiger partial charge in [0.1, 0.15) is 0 Å². The normalized spacial score (nSPS) is 18.6. The molecule has 0 bridgehead atoms. The summed E-state index contributed by atoms with van der Waals surface area (Å²) in [5, 5.41) is 19.8. The molecule has 1 aliphatic rings. The van der Waals surface area contributed by atoms with Crippen LogP contribution in [0.1, 0.15) is 5.56 Å². The second-order valence-electron chi connectivity index (χ2n) is 5.31. The fourth-order valence-electron chi connectivity index (χ4n) is 2.24. The number of ether oxygens (including phenoxy) is 1. The number of nitrogens with zero attached hydrogens (tertiary/aromatic N) is 1. The number of thioether (sulfide) groups is 1. The molecule has 1 unspecified atom stereocenters. The van der Waals surface area contributed by atoms with E-state index >= 15 is 0 Å². The molecule has 0 aliphatic carbocycles. The van der Waals surface area contributed by atoms with Crippen LogP contribution in [0, 0.1) is 0 Å². The third-order valence-electron chi connectivity index (χ3n) is 3.50. The number of methoxy groups -OCH3 is 1. The summed E-state index contributed by atoms with van der Waals surface area (Å²) in [6, 6.07) is 12.6. The number of aliphatic hydroxyl groups is 1. The number of hydrogen-bond donors (Lipinski definition) is 3. The van der Waals surface area contributed by atoms with Crippen molar-refractivity contribution in [2.45, 2.75) is 11.1 Å². The van der Waals surface area contributed by atoms with Crippen LogP contribution in [0.4, 0.5) is 0 Å². The maximum atomic E-state index is 12.3. The first-order valence-electron chi connectivity index (χ1n) is 7.49. The molecule has 0 fully saturated rings. The first-order valence-corrected chi connectivity index (χ1v) is 9.79. The van der Waals surface area contributed by atoms with Gasteiger partial charge in [0.2, 0.25) is 0 Å². The summed E-state index contributed by atoms with van der Waals surface area (Å²) in [5.74, 6) is 0.296. The van der Waals surface area contributed by atoms with Crippen molar-refractivity contribution < 1.29 is 23.4 Å². The number of rotatable bonds is 4. The van der Waals surface area contributed by atoms with Crippen molar-refractivity contribution >= 4 is 33.0 Å². The largest absolute Gasteiger partial charge is 0.504 e. The van der Waals surface area contributed by atoms with Crippen LogP contribution in [0.2, 0.25) is 0 Å². The molecule has 0 radical (unpaired) electrons. The lowest BCUT2D eigenvalue weighted by molar-refractivity contribution is 0.233. The molecule has 3 rings (SSSR count). The summed E-state index contributed by atoms with van der Waals surface area (Å²) in [4.78, 5) is 4.49. The van der Waals surface area contributed by atoms with Crippen molar-refractivity contribution in [1.82, 2.24) is 4.72 Å². The summed E-state index contributed by atoms with van der Waals surface area (Å²) < 4.78 is 32.1. The maximum absolute atomic E-state index is 12.3. The van der Waals surface area contributed by atoms with Crippen LogP contribution in [0.25, 0.3) is 6.08 Å². The van der Waals surface area contributed by atoms with Gasteiger partial charge in [-0.3, -0.25) is 4.72 Å². The van der Waals surface area contributed by atoms with Crippen molar-refractivity contribution in [2.75, 3.05) is 7.11 Å². The van der Waals surface area contributed by atoms with Crippen LogP contribution in [-0.2, 0) is 10.0 Å². The van der Waals surface area contributed by atoms with Gasteiger partial charge in [0.15, 0.2) is 22.9 Å². The quantitative estimate of drug-likeness (QED) is 0.736. The molecule has 9 heteroatoms. The Balaban J connectivity index is 1.78. The molecule has 0 aromatic heterocycles. The van der Waals surface area contributed by atoms with Crippen molar-refractivity contribution in [1.29, 1.82) is 0 Å². The number of sulfonamides is 1. The van der Waals surface area contributed by atoms with E-state index in [1.165, 1.54) is 25.3 Å². The zero-order valence-electron chi connectivity index (χ0n) is 13.7. The molecule has 2 aromatic rings. The Hall–Kier alpha value is -2.49. The van der Waals surface area contributed by atoms with E-state index in [0.717, 1.165) is 11.8 Å². The highest BCUT2D eigenvalue weighted by atomic mass is 32.2. The predicted octanol–water partition coefficient (Wildman–Crippen LogP) is 2.14. The SMILES string of the molecule is COc1cc(/C=C2/SC(NS(=O)(=O)c3ccccc3)=NC2O)ccc1O. The van der Waals surface area contributed by atoms with E-state index in [4.69, 9.17) is 4.74 Å². The molecular weight excluding hydrogens is 376 g/mol. The van der Waals surface area contributed by atoms with Gasteiger partial charge < -0.3 is 14.9 Å². The summed E-state index contributed by atoms with van der Waals surface area (Å²) in [6.45, 7) is 0. The Morgan fingerprint density at radius 2 is 1.96 bits per heavy atom. The molecule has 0 saturated carbocycles. The van der Waals surface area contributed by atoms with Crippen molar-refractivity contribution in [3.05, 3.63) is 59.0 Å². The lowest BCUT2D eigenvalue weighted by Gasteiger charge is -2.07. The summed E-state index contributed by atoms with van der Waals surface area (Å²) in [6.07, 6.45) is 0.471. The lowest BCUT2D eigenvalue weighted by Crippen LogP contribution is -2.27. The molecule has 1 atom stereocenters. The van der Waals surface area contributed by atoms with E-state index < -0.39 is 16.3 Å². The minimum Gasteiger partial charge on any atom is -0.504 e. The number of amidine groups is 1. The highest BCUT2D eigenvalue weighted by molar-refractivity contribution is 8.18. The molecule has 0 spiro atoms. The first-order chi connectivity index (χ1) is 12.4. The summed E-state index contributed by atoms with van der Waals surface area (Å²) in [7, 11) is -2.34. The monoisotopic (exact) mass is 392 g/mol. The average molecular weight is 392 g/mol. The zero-order chi connectivity index (χ0) is 18.7. The van der Waals surface area contributed by atoms with Crippen LogP contribution in [-0.4, -0.2) is 37.1 Å². The van der Waals surface area contributed by atoms with Crippen LogP contribution in [0.3, 0.4) is 0 Å². The average Bonchev–Trinajstić information content (AvgIpc) is 2.95. The Labute approximate surface area is 155 Å². The summed E-state index contributed by atoms with van der Waals surface area (Å²) in [5.41, 5.74) is 0.670. The van der Waals surface area contributed by atoms with Crippen molar-refractivity contribution in [3.63, 3.8) is 0 Å².